The maximum absolute atomic E-state index is 12.6. The number of hydrogen-bond acceptors (Lipinski definition) is 2. The lowest BCUT2D eigenvalue weighted by atomic mass is 9.96. The quantitative estimate of drug-likeness (QED) is 0.799. The zero-order valence-electron chi connectivity index (χ0n) is 9.83. The van der Waals surface area contributed by atoms with Gasteiger partial charge in [-0.25, -0.2) is 4.79 Å². The predicted molar refractivity (Wildman–Crippen MR) is 61.3 cm³/mol. The number of alkyl halides is 3. The van der Waals surface area contributed by atoms with Gasteiger partial charge < -0.3 is 9.84 Å². The number of rotatable bonds is 1. The molecule has 0 aromatic heterocycles. The van der Waals surface area contributed by atoms with Gasteiger partial charge >= 0.3 is 12.1 Å². The second-order valence-electron chi connectivity index (χ2n) is 4.18. The van der Waals surface area contributed by atoms with Crippen LogP contribution in [-0.4, -0.2) is 17.7 Å². The monoisotopic (exact) mass is 272 g/mol. The van der Waals surface area contributed by atoms with E-state index in [1.54, 1.807) is 0 Å². The van der Waals surface area contributed by atoms with Gasteiger partial charge in [-0.1, -0.05) is 6.07 Å². The van der Waals surface area contributed by atoms with Crippen molar-refractivity contribution in [2.75, 3.05) is 6.61 Å². The van der Waals surface area contributed by atoms with Crippen LogP contribution in [0.15, 0.2) is 24.3 Å². The smallest absolute Gasteiger partial charge is 0.416 e. The summed E-state index contributed by atoms with van der Waals surface area (Å²) >= 11 is 0. The van der Waals surface area contributed by atoms with E-state index in [0.717, 1.165) is 18.2 Å². The molecule has 0 aliphatic carbocycles. The van der Waals surface area contributed by atoms with Gasteiger partial charge in [0.25, 0.3) is 0 Å². The van der Waals surface area contributed by atoms with Gasteiger partial charge in [0.2, 0.25) is 0 Å². The van der Waals surface area contributed by atoms with Crippen molar-refractivity contribution in [3.8, 4) is 0 Å². The standard InChI is InChI=1S/C13H11F3O3/c14-13(15,16)10-1-2-11-8(6-12(17)18)3-4-19-7-9(11)5-10/h1-2,5-6H,3-4,7H2,(H,17,18)/b8-6-. The molecule has 1 heterocycles. The summed E-state index contributed by atoms with van der Waals surface area (Å²) in [4.78, 5) is 10.7. The fourth-order valence-electron chi connectivity index (χ4n) is 2.00. The van der Waals surface area contributed by atoms with Crippen LogP contribution in [0, 0.1) is 0 Å². The van der Waals surface area contributed by atoms with Crippen molar-refractivity contribution >= 4 is 11.5 Å². The average molecular weight is 272 g/mol. The normalized spacial score (nSPS) is 17.9. The predicted octanol–water partition coefficient (Wildman–Crippen LogP) is 3.09. The maximum atomic E-state index is 12.6. The zero-order chi connectivity index (χ0) is 14.0. The molecule has 102 valence electrons. The molecule has 6 heteroatoms. The van der Waals surface area contributed by atoms with Gasteiger partial charge in [0.1, 0.15) is 0 Å². The second kappa shape index (κ2) is 5.05. The Balaban J connectivity index is 2.49. The summed E-state index contributed by atoms with van der Waals surface area (Å²) in [6.45, 7) is 0.339. The van der Waals surface area contributed by atoms with Crippen LogP contribution in [-0.2, 0) is 22.3 Å². The molecule has 2 rings (SSSR count). The van der Waals surface area contributed by atoms with Crippen molar-refractivity contribution in [3.63, 3.8) is 0 Å². The van der Waals surface area contributed by atoms with Crippen molar-refractivity contribution in [2.24, 2.45) is 0 Å². The Morgan fingerprint density at radius 2 is 2.11 bits per heavy atom. The third kappa shape index (κ3) is 3.14. The van der Waals surface area contributed by atoms with Crippen LogP contribution in [0.1, 0.15) is 23.1 Å². The molecular weight excluding hydrogens is 261 g/mol. The first-order chi connectivity index (χ1) is 8.88. The van der Waals surface area contributed by atoms with E-state index in [-0.39, 0.29) is 13.2 Å². The fourth-order valence-corrected chi connectivity index (χ4v) is 2.00. The van der Waals surface area contributed by atoms with Gasteiger partial charge in [-0.15, -0.1) is 0 Å². The number of fused-ring (bicyclic) bond motifs is 1. The van der Waals surface area contributed by atoms with Crippen LogP contribution in [0.4, 0.5) is 13.2 Å². The highest BCUT2D eigenvalue weighted by molar-refractivity contribution is 5.90. The first-order valence-corrected chi connectivity index (χ1v) is 5.59. The van der Waals surface area contributed by atoms with E-state index in [4.69, 9.17) is 9.84 Å². The summed E-state index contributed by atoms with van der Waals surface area (Å²) in [7, 11) is 0. The first-order valence-electron chi connectivity index (χ1n) is 5.59. The number of halogens is 3. The van der Waals surface area contributed by atoms with E-state index < -0.39 is 17.7 Å². The molecule has 0 unspecified atom stereocenters. The lowest BCUT2D eigenvalue weighted by Crippen LogP contribution is -2.06. The highest BCUT2D eigenvalue weighted by atomic mass is 19.4. The lowest BCUT2D eigenvalue weighted by molar-refractivity contribution is -0.137. The summed E-state index contributed by atoms with van der Waals surface area (Å²) in [6.07, 6.45) is -3.04. The Hall–Kier alpha value is -1.82. The number of carbonyl (C=O) groups is 1. The molecule has 1 N–H and O–H groups in total. The highest BCUT2D eigenvalue weighted by Gasteiger charge is 2.31. The van der Waals surface area contributed by atoms with Gasteiger partial charge in [-0.3, -0.25) is 0 Å². The minimum atomic E-state index is -4.42. The number of hydrogen-bond donors (Lipinski definition) is 1. The van der Waals surface area contributed by atoms with Crippen LogP contribution in [0.25, 0.3) is 5.57 Å². The van der Waals surface area contributed by atoms with Crippen LogP contribution in [0.2, 0.25) is 0 Å². The van der Waals surface area contributed by atoms with Gasteiger partial charge in [0.05, 0.1) is 18.8 Å². The summed E-state index contributed by atoms with van der Waals surface area (Å²) in [5.41, 5.74) is 0.591. The molecule has 1 aromatic carbocycles. The van der Waals surface area contributed by atoms with E-state index in [1.807, 2.05) is 0 Å². The number of ether oxygens (including phenoxy) is 1. The van der Waals surface area contributed by atoms with Crippen LogP contribution in [0.5, 0.6) is 0 Å². The van der Waals surface area contributed by atoms with E-state index in [9.17, 15) is 18.0 Å². The van der Waals surface area contributed by atoms with E-state index >= 15 is 0 Å². The van der Waals surface area contributed by atoms with Crippen molar-refractivity contribution in [1.29, 1.82) is 0 Å². The van der Waals surface area contributed by atoms with Gasteiger partial charge in [0.15, 0.2) is 0 Å². The fraction of sp³-hybridized carbons (Fsp3) is 0.308. The first kappa shape index (κ1) is 13.6. The summed E-state index contributed by atoms with van der Waals surface area (Å²) in [5.74, 6) is -1.12. The Morgan fingerprint density at radius 1 is 1.37 bits per heavy atom. The summed E-state index contributed by atoms with van der Waals surface area (Å²) < 4.78 is 43.1. The maximum Gasteiger partial charge on any atom is 0.416 e. The summed E-state index contributed by atoms with van der Waals surface area (Å²) in [5, 5.41) is 8.77. The highest BCUT2D eigenvalue weighted by Crippen LogP contribution is 2.34. The topological polar surface area (TPSA) is 46.5 Å². The largest absolute Gasteiger partial charge is 0.478 e. The molecular formula is C13H11F3O3. The molecule has 19 heavy (non-hydrogen) atoms. The Morgan fingerprint density at radius 3 is 2.74 bits per heavy atom. The van der Waals surface area contributed by atoms with Crippen molar-refractivity contribution in [3.05, 3.63) is 41.0 Å². The molecule has 0 spiro atoms. The van der Waals surface area contributed by atoms with Crippen LogP contribution in [0.3, 0.4) is 0 Å². The second-order valence-corrected chi connectivity index (χ2v) is 4.18. The number of benzene rings is 1. The molecule has 0 amide bonds. The third-order valence-corrected chi connectivity index (χ3v) is 2.85. The molecule has 0 radical (unpaired) electrons. The van der Waals surface area contributed by atoms with E-state index in [2.05, 4.69) is 0 Å². The minimum Gasteiger partial charge on any atom is -0.478 e. The van der Waals surface area contributed by atoms with Crippen LogP contribution < -0.4 is 0 Å². The molecule has 3 nitrogen and oxygen atoms in total. The average Bonchev–Trinajstić information content (AvgIpc) is 2.49. The molecule has 1 aliphatic rings. The molecule has 0 saturated carbocycles. The number of carboxylic acid groups (broad SMARTS) is 1. The van der Waals surface area contributed by atoms with Gasteiger partial charge in [-0.2, -0.15) is 13.2 Å². The Labute approximate surface area is 107 Å². The minimum absolute atomic E-state index is 0.0518. The Kier molecular flexibility index (Phi) is 3.61. The van der Waals surface area contributed by atoms with Crippen LogP contribution >= 0.6 is 0 Å². The van der Waals surface area contributed by atoms with Crippen molar-refractivity contribution < 1.29 is 27.8 Å². The third-order valence-electron chi connectivity index (χ3n) is 2.85. The molecule has 1 aliphatic heterocycles. The SMILES string of the molecule is O=C(O)/C=C1/CCOCc2cc(C(F)(F)F)ccc21. The molecule has 0 fully saturated rings. The number of carboxylic acids is 1. The van der Waals surface area contributed by atoms with E-state index in [1.165, 1.54) is 6.07 Å². The lowest BCUT2D eigenvalue weighted by Gasteiger charge is -2.12. The molecule has 1 aromatic rings. The van der Waals surface area contributed by atoms with Crippen molar-refractivity contribution in [2.45, 2.75) is 19.2 Å². The molecule has 0 atom stereocenters. The summed E-state index contributed by atoms with van der Waals surface area (Å²) in [6, 6.07) is 3.28. The van der Waals surface area contributed by atoms with E-state index in [0.29, 0.717) is 23.1 Å². The van der Waals surface area contributed by atoms with Gasteiger partial charge in [-0.05, 0) is 35.3 Å². The molecule has 0 bridgehead atoms. The van der Waals surface area contributed by atoms with Crippen molar-refractivity contribution in [1.82, 2.24) is 0 Å². The van der Waals surface area contributed by atoms with Gasteiger partial charge in [0, 0.05) is 6.08 Å². The Bertz CT molecular complexity index is 532. The number of aliphatic carboxylic acids is 1. The molecule has 0 saturated heterocycles. The zero-order valence-corrected chi connectivity index (χ0v) is 9.83.